The van der Waals surface area contributed by atoms with Crippen LogP contribution in [0.25, 0.3) is 0 Å². The molecule has 0 bridgehead atoms. The topological polar surface area (TPSA) is 49.7 Å². The minimum atomic E-state index is -0.264. The second-order valence-corrected chi connectivity index (χ2v) is 1.55. The van der Waals surface area contributed by atoms with E-state index in [9.17, 15) is 4.79 Å². The Bertz CT molecular complexity index is 158. The van der Waals surface area contributed by atoms with Crippen LogP contribution in [0.3, 0.4) is 0 Å². The van der Waals surface area contributed by atoms with Crippen LogP contribution in [0.15, 0.2) is 17.3 Å². The molecule has 0 amide bonds. The molecule has 50 valence electrons. The summed E-state index contributed by atoms with van der Waals surface area (Å²) < 4.78 is 0. The number of ketones is 1. The molecular weight excluding hydrogens is 118 g/mol. The van der Waals surface area contributed by atoms with E-state index in [1.165, 1.54) is 13.0 Å². The fraction of sp³-hybridized carbons (Fsp3) is 0.333. The van der Waals surface area contributed by atoms with Crippen molar-refractivity contribution in [2.45, 2.75) is 13.8 Å². The van der Waals surface area contributed by atoms with Crippen LogP contribution < -0.4 is 0 Å². The van der Waals surface area contributed by atoms with Gasteiger partial charge in [-0.25, -0.2) is 0 Å². The number of carbonyl (C=O) groups excluding carboxylic acids is 1. The summed E-state index contributed by atoms with van der Waals surface area (Å²) in [6.07, 6.45) is 2.94. The van der Waals surface area contributed by atoms with E-state index in [-0.39, 0.29) is 11.5 Å². The Kier molecular flexibility index (Phi) is 3.35. The fourth-order valence-electron chi connectivity index (χ4n) is 0.321. The second-order valence-electron chi connectivity index (χ2n) is 1.55. The highest BCUT2D eigenvalue weighted by Gasteiger charge is 1.98. The highest BCUT2D eigenvalue weighted by molar-refractivity contribution is 6.42. The van der Waals surface area contributed by atoms with Crippen molar-refractivity contribution >= 4 is 11.5 Å². The van der Waals surface area contributed by atoms with Gasteiger partial charge < -0.3 is 5.21 Å². The third-order valence-corrected chi connectivity index (χ3v) is 0.825. The average molecular weight is 127 g/mol. The molecule has 0 aliphatic carbocycles. The smallest absolute Gasteiger partial charge is 0.202 e. The average Bonchev–Trinajstić information content (AvgIpc) is 1.87. The normalized spacial score (nSPS) is 12.4. The summed E-state index contributed by atoms with van der Waals surface area (Å²) in [4.78, 5) is 10.6. The van der Waals surface area contributed by atoms with Crippen LogP contribution >= 0.6 is 0 Å². The Morgan fingerprint density at radius 1 is 1.67 bits per heavy atom. The number of oxime groups is 1. The largest absolute Gasteiger partial charge is 0.411 e. The van der Waals surface area contributed by atoms with Gasteiger partial charge >= 0.3 is 0 Å². The van der Waals surface area contributed by atoms with Crippen molar-refractivity contribution in [2.75, 3.05) is 0 Å². The molecule has 1 N–H and O–H groups in total. The van der Waals surface area contributed by atoms with Gasteiger partial charge in [0.05, 0.1) is 0 Å². The molecule has 3 heteroatoms. The lowest BCUT2D eigenvalue weighted by Crippen LogP contribution is -2.05. The maximum absolute atomic E-state index is 10.6. The molecule has 0 fully saturated rings. The van der Waals surface area contributed by atoms with E-state index in [1.807, 2.05) is 0 Å². The molecule has 0 aliphatic heterocycles. The Hall–Kier alpha value is -1.12. The number of hydrogen-bond acceptors (Lipinski definition) is 3. The molecule has 0 aliphatic rings. The van der Waals surface area contributed by atoms with E-state index >= 15 is 0 Å². The van der Waals surface area contributed by atoms with Crippen LogP contribution in [-0.4, -0.2) is 16.7 Å². The minimum Gasteiger partial charge on any atom is -0.411 e. The Morgan fingerprint density at radius 3 is 2.56 bits per heavy atom. The lowest BCUT2D eigenvalue weighted by Gasteiger charge is -1.85. The predicted molar refractivity (Wildman–Crippen MR) is 34.7 cm³/mol. The van der Waals surface area contributed by atoms with Crippen LogP contribution in [0, 0.1) is 0 Å². The van der Waals surface area contributed by atoms with Crippen molar-refractivity contribution < 1.29 is 10.0 Å². The SMILES string of the molecule is C/C=C\C(=O)C(C)=NO. The van der Waals surface area contributed by atoms with E-state index in [1.54, 1.807) is 13.0 Å². The standard InChI is InChI=1S/C6H9NO2/c1-3-4-6(8)5(2)7-9/h3-4,9H,1-2H3/b4-3-,7-5?. The summed E-state index contributed by atoms with van der Waals surface area (Å²) in [6, 6.07) is 0. The number of nitrogens with zero attached hydrogens (tertiary/aromatic N) is 1. The molecule has 0 atom stereocenters. The number of rotatable bonds is 2. The molecule has 3 nitrogen and oxygen atoms in total. The lowest BCUT2D eigenvalue weighted by atomic mass is 10.2. The summed E-state index contributed by atoms with van der Waals surface area (Å²) in [5, 5.41) is 10.8. The Balaban J connectivity index is 4.05. The van der Waals surface area contributed by atoms with Crippen LogP contribution in [-0.2, 0) is 4.79 Å². The molecule has 0 saturated heterocycles. The zero-order valence-electron chi connectivity index (χ0n) is 5.46. The van der Waals surface area contributed by atoms with Crippen molar-refractivity contribution in [2.24, 2.45) is 5.16 Å². The summed E-state index contributed by atoms with van der Waals surface area (Å²) in [7, 11) is 0. The minimum absolute atomic E-state index is 0.105. The van der Waals surface area contributed by atoms with E-state index < -0.39 is 0 Å². The molecule has 0 rings (SSSR count). The van der Waals surface area contributed by atoms with Gasteiger partial charge in [-0.1, -0.05) is 11.2 Å². The molecule has 0 aromatic heterocycles. The highest BCUT2D eigenvalue weighted by Crippen LogP contribution is 1.81. The second kappa shape index (κ2) is 3.83. The van der Waals surface area contributed by atoms with Crippen molar-refractivity contribution in [3.8, 4) is 0 Å². The first kappa shape index (κ1) is 7.88. The van der Waals surface area contributed by atoms with Gasteiger partial charge in [-0.3, -0.25) is 4.79 Å². The third-order valence-electron chi connectivity index (χ3n) is 0.825. The van der Waals surface area contributed by atoms with E-state index in [4.69, 9.17) is 5.21 Å². The lowest BCUT2D eigenvalue weighted by molar-refractivity contribution is -0.109. The molecule has 0 saturated carbocycles. The van der Waals surface area contributed by atoms with Crippen LogP contribution in [0.4, 0.5) is 0 Å². The van der Waals surface area contributed by atoms with Gasteiger partial charge in [-0.15, -0.1) is 0 Å². The van der Waals surface area contributed by atoms with Gasteiger partial charge in [0, 0.05) is 0 Å². The van der Waals surface area contributed by atoms with Gasteiger partial charge in [0.25, 0.3) is 0 Å². The molecule has 0 radical (unpaired) electrons. The van der Waals surface area contributed by atoms with Crippen molar-refractivity contribution in [3.63, 3.8) is 0 Å². The van der Waals surface area contributed by atoms with Crippen molar-refractivity contribution in [3.05, 3.63) is 12.2 Å². The first-order valence-corrected chi connectivity index (χ1v) is 2.58. The predicted octanol–water partition coefficient (Wildman–Crippen LogP) is 0.982. The number of hydrogen-bond donors (Lipinski definition) is 1. The van der Waals surface area contributed by atoms with Gasteiger partial charge in [0.2, 0.25) is 5.78 Å². The highest BCUT2D eigenvalue weighted by atomic mass is 16.4. The van der Waals surface area contributed by atoms with Gasteiger partial charge in [0.1, 0.15) is 5.71 Å². The van der Waals surface area contributed by atoms with Crippen molar-refractivity contribution in [1.29, 1.82) is 0 Å². The van der Waals surface area contributed by atoms with E-state index in [0.717, 1.165) is 0 Å². The van der Waals surface area contributed by atoms with Crippen LogP contribution in [0.1, 0.15) is 13.8 Å². The molecule has 0 aromatic carbocycles. The summed E-state index contributed by atoms with van der Waals surface area (Å²) >= 11 is 0. The van der Waals surface area contributed by atoms with Gasteiger partial charge in [-0.05, 0) is 19.9 Å². The summed E-state index contributed by atoms with van der Waals surface area (Å²) in [5.74, 6) is -0.264. The zero-order chi connectivity index (χ0) is 7.28. The maximum atomic E-state index is 10.6. The molecule has 0 unspecified atom stereocenters. The van der Waals surface area contributed by atoms with Gasteiger partial charge in [-0.2, -0.15) is 0 Å². The number of carbonyl (C=O) groups is 1. The van der Waals surface area contributed by atoms with Crippen molar-refractivity contribution in [1.82, 2.24) is 0 Å². The Morgan fingerprint density at radius 2 is 2.22 bits per heavy atom. The molecule has 0 aromatic rings. The quantitative estimate of drug-likeness (QED) is 0.260. The Labute approximate surface area is 53.7 Å². The zero-order valence-corrected chi connectivity index (χ0v) is 5.46. The third kappa shape index (κ3) is 2.64. The fourth-order valence-corrected chi connectivity index (χ4v) is 0.321. The van der Waals surface area contributed by atoms with Crippen LogP contribution in [0.2, 0.25) is 0 Å². The first-order chi connectivity index (χ1) is 4.22. The molecular formula is C6H9NO2. The number of allylic oxidation sites excluding steroid dienone is 2. The first-order valence-electron chi connectivity index (χ1n) is 2.58. The monoisotopic (exact) mass is 127 g/mol. The van der Waals surface area contributed by atoms with Crippen LogP contribution in [0.5, 0.6) is 0 Å². The summed E-state index contributed by atoms with van der Waals surface area (Å²) in [5.41, 5.74) is 0.105. The maximum Gasteiger partial charge on any atom is 0.202 e. The van der Waals surface area contributed by atoms with Gasteiger partial charge in [0.15, 0.2) is 0 Å². The summed E-state index contributed by atoms with van der Waals surface area (Å²) in [6.45, 7) is 3.17. The molecule has 0 spiro atoms. The van der Waals surface area contributed by atoms with E-state index in [2.05, 4.69) is 5.16 Å². The van der Waals surface area contributed by atoms with E-state index in [0.29, 0.717) is 0 Å². The molecule has 0 heterocycles. The molecule has 9 heavy (non-hydrogen) atoms.